The highest BCUT2D eigenvalue weighted by Gasteiger charge is 2.28. The SMILES string of the molecule is CC(C)C[C@H](NC(=O)[C@@H](N)CCCN=C(N)N)C(=O)N[C@@H](CCC(=O)O)C(=O)O. The summed E-state index contributed by atoms with van der Waals surface area (Å²) < 4.78 is 0. The lowest BCUT2D eigenvalue weighted by atomic mass is 10.0. The highest BCUT2D eigenvalue weighted by atomic mass is 16.4. The molecule has 0 radical (unpaired) electrons. The Kier molecular flexibility index (Phi) is 12.0. The molecule has 12 nitrogen and oxygen atoms in total. The molecule has 29 heavy (non-hydrogen) atoms. The van der Waals surface area contributed by atoms with Crippen LogP contribution in [0, 0.1) is 5.92 Å². The molecule has 0 aliphatic rings. The molecule has 0 aromatic rings. The predicted octanol–water partition coefficient (Wildman–Crippen LogP) is -1.67. The number of guanidine groups is 1. The lowest BCUT2D eigenvalue weighted by Crippen LogP contribution is -2.54. The summed E-state index contributed by atoms with van der Waals surface area (Å²) in [6.45, 7) is 3.98. The largest absolute Gasteiger partial charge is 0.481 e. The number of carboxylic acid groups (broad SMARTS) is 2. The molecule has 0 heterocycles. The van der Waals surface area contributed by atoms with Crippen LogP contribution >= 0.6 is 0 Å². The Bertz CT molecular complexity index is 605. The molecule has 0 aromatic heterocycles. The first-order chi connectivity index (χ1) is 13.4. The Morgan fingerprint density at radius 3 is 2.03 bits per heavy atom. The van der Waals surface area contributed by atoms with Gasteiger partial charge in [-0.3, -0.25) is 19.4 Å². The molecule has 0 saturated heterocycles. The van der Waals surface area contributed by atoms with Gasteiger partial charge in [0.15, 0.2) is 5.96 Å². The number of nitrogens with one attached hydrogen (secondary N) is 2. The molecule has 166 valence electrons. The van der Waals surface area contributed by atoms with E-state index in [9.17, 15) is 24.3 Å². The zero-order valence-electron chi connectivity index (χ0n) is 16.8. The molecule has 0 aliphatic carbocycles. The van der Waals surface area contributed by atoms with Crippen LogP contribution in [0.2, 0.25) is 0 Å². The van der Waals surface area contributed by atoms with Crippen molar-refractivity contribution < 1.29 is 29.4 Å². The van der Waals surface area contributed by atoms with E-state index in [1.807, 2.05) is 13.8 Å². The van der Waals surface area contributed by atoms with Crippen LogP contribution < -0.4 is 27.8 Å². The summed E-state index contributed by atoms with van der Waals surface area (Å²) >= 11 is 0. The Morgan fingerprint density at radius 1 is 0.966 bits per heavy atom. The van der Waals surface area contributed by atoms with Crippen LogP contribution in [-0.4, -0.2) is 64.6 Å². The molecule has 2 amide bonds. The van der Waals surface area contributed by atoms with Gasteiger partial charge in [-0.1, -0.05) is 13.8 Å². The van der Waals surface area contributed by atoms with Crippen molar-refractivity contribution in [1.82, 2.24) is 10.6 Å². The molecule has 0 bridgehead atoms. The van der Waals surface area contributed by atoms with Gasteiger partial charge in [0.05, 0.1) is 6.04 Å². The Labute approximate surface area is 169 Å². The maximum atomic E-state index is 12.5. The highest BCUT2D eigenvalue weighted by molar-refractivity contribution is 5.91. The van der Waals surface area contributed by atoms with Crippen LogP contribution in [-0.2, 0) is 19.2 Å². The topological polar surface area (TPSA) is 223 Å². The summed E-state index contributed by atoms with van der Waals surface area (Å²) in [6.07, 6.45) is 0.310. The fourth-order valence-electron chi connectivity index (χ4n) is 2.43. The third-order valence-electron chi connectivity index (χ3n) is 3.91. The number of hydrogen-bond acceptors (Lipinski definition) is 6. The first kappa shape index (κ1) is 26.1. The highest BCUT2D eigenvalue weighted by Crippen LogP contribution is 2.08. The number of carboxylic acids is 2. The fourth-order valence-corrected chi connectivity index (χ4v) is 2.43. The lowest BCUT2D eigenvalue weighted by Gasteiger charge is -2.24. The number of carbonyl (C=O) groups is 4. The molecule has 0 aliphatic heterocycles. The summed E-state index contributed by atoms with van der Waals surface area (Å²) in [4.78, 5) is 50.5. The Hall–Kier alpha value is -2.89. The van der Waals surface area contributed by atoms with Gasteiger partial charge in [-0.25, -0.2) is 4.79 Å². The van der Waals surface area contributed by atoms with E-state index in [0.29, 0.717) is 13.0 Å². The van der Waals surface area contributed by atoms with Crippen molar-refractivity contribution in [1.29, 1.82) is 0 Å². The number of carbonyl (C=O) groups excluding carboxylic acids is 2. The van der Waals surface area contributed by atoms with E-state index in [1.165, 1.54) is 0 Å². The second kappa shape index (κ2) is 13.3. The van der Waals surface area contributed by atoms with Gasteiger partial charge in [-0.2, -0.15) is 0 Å². The van der Waals surface area contributed by atoms with Crippen molar-refractivity contribution in [3.63, 3.8) is 0 Å². The smallest absolute Gasteiger partial charge is 0.326 e. The molecular weight excluding hydrogens is 384 g/mol. The first-order valence-corrected chi connectivity index (χ1v) is 9.30. The minimum atomic E-state index is -1.38. The number of nitrogens with two attached hydrogens (primary N) is 3. The van der Waals surface area contributed by atoms with E-state index in [2.05, 4.69) is 15.6 Å². The third kappa shape index (κ3) is 12.2. The number of hydrogen-bond donors (Lipinski definition) is 7. The molecule has 0 aromatic carbocycles. The number of aliphatic imine (C=N–C) groups is 1. The van der Waals surface area contributed by atoms with E-state index in [0.717, 1.165) is 0 Å². The summed E-state index contributed by atoms with van der Waals surface area (Å²) in [5, 5.41) is 22.7. The minimum absolute atomic E-state index is 0.0199. The minimum Gasteiger partial charge on any atom is -0.481 e. The zero-order chi connectivity index (χ0) is 22.6. The van der Waals surface area contributed by atoms with Gasteiger partial charge in [0.2, 0.25) is 11.8 Å². The van der Waals surface area contributed by atoms with Gasteiger partial charge >= 0.3 is 11.9 Å². The van der Waals surface area contributed by atoms with Crippen molar-refractivity contribution in [2.45, 2.75) is 64.1 Å². The molecule has 10 N–H and O–H groups in total. The monoisotopic (exact) mass is 416 g/mol. The van der Waals surface area contributed by atoms with Crippen molar-refractivity contribution in [3.05, 3.63) is 0 Å². The maximum Gasteiger partial charge on any atom is 0.326 e. The Balaban J connectivity index is 4.93. The van der Waals surface area contributed by atoms with Gasteiger partial charge in [-0.05, 0) is 31.6 Å². The van der Waals surface area contributed by atoms with Crippen LogP contribution in [0.4, 0.5) is 0 Å². The van der Waals surface area contributed by atoms with Crippen LogP contribution in [0.1, 0.15) is 46.0 Å². The number of rotatable bonds is 14. The second-order valence-corrected chi connectivity index (χ2v) is 7.08. The molecule has 12 heteroatoms. The van der Waals surface area contributed by atoms with Crippen molar-refractivity contribution in [2.24, 2.45) is 28.1 Å². The first-order valence-electron chi connectivity index (χ1n) is 9.30. The number of nitrogens with zero attached hydrogens (tertiary/aromatic N) is 1. The Morgan fingerprint density at radius 2 is 1.55 bits per heavy atom. The number of amides is 2. The molecular formula is C17H32N6O6. The molecule has 0 spiro atoms. The van der Waals surface area contributed by atoms with Gasteiger partial charge in [0, 0.05) is 13.0 Å². The summed E-state index contributed by atoms with van der Waals surface area (Å²) in [5.74, 6) is -3.85. The second-order valence-electron chi connectivity index (χ2n) is 7.08. The lowest BCUT2D eigenvalue weighted by molar-refractivity contribution is -0.143. The van der Waals surface area contributed by atoms with Crippen molar-refractivity contribution >= 4 is 29.7 Å². The predicted molar refractivity (Wildman–Crippen MR) is 106 cm³/mol. The molecule has 0 rings (SSSR count). The molecule has 3 atom stereocenters. The summed E-state index contributed by atoms with van der Waals surface area (Å²) in [7, 11) is 0. The maximum absolute atomic E-state index is 12.5. The average molecular weight is 416 g/mol. The molecule has 0 fully saturated rings. The molecule has 0 unspecified atom stereocenters. The van der Waals surface area contributed by atoms with Crippen molar-refractivity contribution in [2.75, 3.05) is 6.54 Å². The fraction of sp³-hybridized carbons (Fsp3) is 0.706. The normalized spacial score (nSPS) is 13.8. The van der Waals surface area contributed by atoms with Crippen LogP contribution in [0.15, 0.2) is 4.99 Å². The molecule has 0 saturated carbocycles. The summed E-state index contributed by atoms with van der Waals surface area (Å²) in [6, 6.07) is -3.27. The van der Waals surface area contributed by atoms with Crippen LogP contribution in [0.3, 0.4) is 0 Å². The average Bonchev–Trinajstić information content (AvgIpc) is 2.60. The van der Waals surface area contributed by atoms with E-state index >= 15 is 0 Å². The van der Waals surface area contributed by atoms with Gasteiger partial charge < -0.3 is 38.0 Å². The zero-order valence-corrected chi connectivity index (χ0v) is 16.8. The van der Waals surface area contributed by atoms with E-state index < -0.39 is 48.3 Å². The van der Waals surface area contributed by atoms with Crippen LogP contribution in [0.5, 0.6) is 0 Å². The van der Waals surface area contributed by atoms with E-state index in [4.69, 9.17) is 22.3 Å². The van der Waals surface area contributed by atoms with Gasteiger partial charge in [0.25, 0.3) is 0 Å². The number of aliphatic carboxylic acids is 2. The quantitative estimate of drug-likeness (QED) is 0.0975. The third-order valence-corrected chi connectivity index (χ3v) is 3.91. The van der Waals surface area contributed by atoms with E-state index in [1.54, 1.807) is 0 Å². The standard InChI is InChI=1S/C17H32N6O6/c1-9(2)8-12(15(27)22-11(16(28)29)5-6-13(24)25)23-14(26)10(18)4-3-7-21-17(19)20/h9-12H,3-8,18H2,1-2H3,(H,22,27)(H,23,26)(H,24,25)(H,28,29)(H4,19,20,21)/t10-,11-,12-/m0/s1. The van der Waals surface area contributed by atoms with E-state index in [-0.39, 0.29) is 31.1 Å². The van der Waals surface area contributed by atoms with Gasteiger partial charge in [0.1, 0.15) is 12.1 Å². The summed E-state index contributed by atoms with van der Waals surface area (Å²) in [5.41, 5.74) is 16.3. The van der Waals surface area contributed by atoms with Crippen LogP contribution in [0.25, 0.3) is 0 Å². The van der Waals surface area contributed by atoms with Crippen molar-refractivity contribution in [3.8, 4) is 0 Å². The van der Waals surface area contributed by atoms with Gasteiger partial charge in [-0.15, -0.1) is 0 Å².